The van der Waals surface area contributed by atoms with Gasteiger partial charge in [-0.05, 0) is 48.1 Å². The van der Waals surface area contributed by atoms with Crippen molar-refractivity contribution in [2.24, 2.45) is 5.84 Å². The topological polar surface area (TPSA) is 47.3 Å². The minimum absolute atomic E-state index is 0.0320. The molecular formula is C16H16N2OS2. The van der Waals surface area contributed by atoms with E-state index in [-0.39, 0.29) is 6.04 Å². The molecule has 3 N–H and O–H groups in total. The highest BCUT2D eigenvalue weighted by molar-refractivity contribution is 7.27. The molecule has 3 nitrogen and oxygen atoms in total. The van der Waals surface area contributed by atoms with E-state index in [1.54, 1.807) is 22.7 Å². The average molecular weight is 316 g/mol. The molecule has 1 aliphatic rings. The molecule has 0 bridgehead atoms. The Labute approximate surface area is 131 Å². The molecule has 21 heavy (non-hydrogen) atoms. The van der Waals surface area contributed by atoms with Crippen LogP contribution in [-0.2, 0) is 0 Å². The van der Waals surface area contributed by atoms with Crippen LogP contribution >= 0.6 is 22.7 Å². The van der Waals surface area contributed by atoms with Crippen molar-refractivity contribution in [2.45, 2.75) is 25.0 Å². The molecule has 0 amide bonds. The molecule has 4 rings (SSSR count). The van der Waals surface area contributed by atoms with Crippen molar-refractivity contribution in [3.8, 4) is 5.75 Å². The summed E-state index contributed by atoms with van der Waals surface area (Å²) < 4.78 is 8.43. The van der Waals surface area contributed by atoms with E-state index in [1.165, 1.54) is 27.1 Å². The van der Waals surface area contributed by atoms with Crippen LogP contribution in [0, 0.1) is 0 Å². The second-order valence-corrected chi connectivity index (χ2v) is 7.35. The smallest absolute Gasteiger partial charge is 0.119 e. The third-order valence-electron chi connectivity index (χ3n) is 3.65. The molecule has 1 fully saturated rings. The van der Waals surface area contributed by atoms with Gasteiger partial charge in [-0.3, -0.25) is 5.84 Å². The van der Waals surface area contributed by atoms with Crippen LogP contribution in [0.3, 0.4) is 0 Å². The minimum Gasteiger partial charge on any atom is -0.490 e. The van der Waals surface area contributed by atoms with Crippen molar-refractivity contribution in [2.75, 3.05) is 0 Å². The fourth-order valence-electron chi connectivity index (χ4n) is 2.39. The van der Waals surface area contributed by atoms with Crippen molar-refractivity contribution in [1.82, 2.24) is 5.43 Å². The highest BCUT2D eigenvalue weighted by Crippen LogP contribution is 2.36. The Kier molecular flexibility index (Phi) is 3.43. The monoisotopic (exact) mass is 316 g/mol. The van der Waals surface area contributed by atoms with Gasteiger partial charge in [-0.15, -0.1) is 22.7 Å². The lowest BCUT2D eigenvalue weighted by Crippen LogP contribution is -2.28. The molecule has 108 valence electrons. The first-order chi connectivity index (χ1) is 10.3. The fraction of sp³-hybridized carbons (Fsp3) is 0.250. The van der Waals surface area contributed by atoms with Gasteiger partial charge in [0.1, 0.15) is 5.75 Å². The molecule has 2 heterocycles. The van der Waals surface area contributed by atoms with E-state index in [2.05, 4.69) is 35.1 Å². The molecule has 3 aromatic rings. The van der Waals surface area contributed by atoms with E-state index in [0.717, 1.165) is 11.3 Å². The van der Waals surface area contributed by atoms with Crippen molar-refractivity contribution >= 4 is 32.1 Å². The highest BCUT2D eigenvalue weighted by Gasteiger charge is 2.23. The van der Waals surface area contributed by atoms with Gasteiger partial charge >= 0.3 is 0 Å². The van der Waals surface area contributed by atoms with Crippen molar-refractivity contribution in [1.29, 1.82) is 0 Å². The number of benzene rings is 1. The van der Waals surface area contributed by atoms with Crippen LogP contribution in [0.15, 0.2) is 41.8 Å². The van der Waals surface area contributed by atoms with Crippen molar-refractivity contribution in [3.63, 3.8) is 0 Å². The van der Waals surface area contributed by atoms with E-state index in [9.17, 15) is 0 Å². The van der Waals surface area contributed by atoms with Gasteiger partial charge in [0.25, 0.3) is 0 Å². The highest BCUT2D eigenvalue weighted by atomic mass is 32.1. The number of nitrogens with one attached hydrogen (secondary N) is 1. The zero-order valence-electron chi connectivity index (χ0n) is 11.4. The van der Waals surface area contributed by atoms with Crippen LogP contribution in [0.25, 0.3) is 9.40 Å². The second-order valence-electron chi connectivity index (χ2n) is 5.28. The Morgan fingerprint density at radius 1 is 1.14 bits per heavy atom. The van der Waals surface area contributed by atoms with Gasteiger partial charge < -0.3 is 4.74 Å². The third-order valence-corrected chi connectivity index (χ3v) is 5.81. The van der Waals surface area contributed by atoms with E-state index in [4.69, 9.17) is 10.6 Å². The van der Waals surface area contributed by atoms with Gasteiger partial charge in [-0.1, -0.05) is 12.1 Å². The van der Waals surface area contributed by atoms with Gasteiger partial charge in [0, 0.05) is 14.3 Å². The summed E-state index contributed by atoms with van der Waals surface area (Å²) in [6.07, 6.45) is 2.80. The summed E-state index contributed by atoms with van der Waals surface area (Å²) in [5, 5.41) is 2.12. The predicted octanol–water partition coefficient (Wildman–Crippen LogP) is 4.06. The van der Waals surface area contributed by atoms with E-state index >= 15 is 0 Å². The number of hydrazine groups is 1. The number of hydrogen-bond donors (Lipinski definition) is 2. The minimum atomic E-state index is 0.0320. The first-order valence-corrected chi connectivity index (χ1v) is 8.73. The van der Waals surface area contributed by atoms with E-state index < -0.39 is 0 Å². The Bertz CT molecular complexity index is 715. The van der Waals surface area contributed by atoms with Gasteiger partial charge in [0.2, 0.25) is 0 Å². The summed E-state index contributed by atoms with van der Waals surface area (Å²) in [5.41, 5.74) is 4.09. The molecule has 0 radical (unpaired) electrons. The average Bonchev–Trinajstić information content (AvgIpc) is 3.05. The molecule has 1 atom stereocenters. The molecule has 1 unspecified atom stereocenters. The maximum atomic E-state index is 5.79. The van der Waals surface area contributed by atoms with Gasteiger partial charge in [-0.25, -0.2) is 5.43 Å². The lowest BCUT2D eigenvalue weighted by atomic mass is 10.1. The maximum Gasteiger partial charge on any atom is 0.119 e. The molecule has 5 heteroatoms. The van der Waals surface area contributed by atoms with E-state index in [1.807, 2.05) is 12.1 Å². The Balaban J connectivity index is 1.60. The Hall–Kier alpha value is -1.40. The van der Waals surface area contributed by atoms with Crippen LogP contribution in [0.2, 0.25) is 0 Å². The Morgan fingerprint density at radius 2 is 1.95 bits per heavy atom. The molecule has 1 aromatic carbocycles. The summed E-state index contributed by atoms with van der Waals surface area (Å²) in [4.78, 5) is 1.25. The molecule has 1 saturated carbocycles. The lowest BCUT2D eigenvalue weighted by Gasteiger charge is -2.15. The van der Waals surface area contributed by atoms with Gasteiger partial charge in [-0.2, -0.15) is 0 Å². The quantitative estimate of drug-likeness (QED) is 0.551. The molecule has 1 aliphatic carbocycles. The van der Waals surface area contributed by atoms with Gasteiger partial charge in [0.15, 0.2) is 0 Å². The number of fused-ring (bicyclic) bond motifs is 1. The third kappa shape index (κ3) is 2.70. The molecule has 0 spiro atoms. The lowest BCUT2D eigenvalue weighted by molar-refractivity contribution is 0.303. The molecule has 0 aliphatic heterocycles. The summed E-state index contributed by atoms with van der Waals surface area (Å²) in [5.74, 6) is 6.73. The SMILES string of the molecule is NNC(c1ccc(OC2CC2)cc1)c1cc2sccc2s1. The maximum absolute atomic E-state index is 5.79. The number of ether oxygens (including phenoxy) is 1. The molecule has 0 saturated heterocycles. The fourth-order valence-corrected chi connectivity index (χ4v) is 4.59. The Morgan fingerprint density at radius 3 is 2.62 bits per heavy atom. The first-order valence-electron chi connectivity index (χ1n) is 7.03. The van der Waals surface area contributed by atoms with Crippen molar-refractivity contribution < 1.29 is 4.74 Å². The largest absolute Gasteiger partial charge is 0.490 e. The molecule has 2 aromatic heterocycles. The normalized spacial score (nSPS) is 16.2. The van der Waals surface area contributed by atoms with Crippen LogP contribution in [0.5, 0.6) is 5.75 Å². The predicted molar refractivity (Wildman–Crippen MR) is 89.0 cm³/mol. The zero-order chi connectivity index (χ0) is 14.2. The van der Waals surface area contributed by atoms with Crippen LogP contribution in [-0.4, -0.2) is 6.10 Å². The second kappa shape index (κ2) is 5.42. The first kappa shape index (κ1) is 13.3. The summed E-state index contributed by atoms with van der Waals surface area (Å²) in [7, 11) is 0. The number of rotatable bonds is 5. The van der Waals surface area contributed by atoms with E-state index in [0.29, 0.717) is 6.10 Å². The van der Waals surface area contributed by atoms with Gasteiger partial charge in [0.05, 0.1) is 12.1 Å². The number of hydrogen-bond acceptors (Lipinski definition) is 5. The molecular weight excluding hydrogens is 300 g/mol. The number of nitrogens with two attached hydrogens (primary N) is 1. The summed E-state index contributed by atoms with van der Waals surface area (Å²) in [6.45, 7) is 0. The summed E-state index contributed by atoms with van der Waals surface area (Å²) >= 11 is 3.56. The van der Waals surface area contributed by atoms with Crippen LogP contribution in [0.4, 0.5) is 0 Å². The zero-order valence-corrected chi connectivity index (χ0v) is 13.0. The van der Waals surface area contributed by atoms with Crippen molar-refractivity contribution in [3.05, 3.63) is 52.2 Å². The summed E-state index contributed by atoms with van der Waals surface area (Å²) in [6, 6.07) is 12.7. The number of thiophene rings is 2. The van der Waals surface area contributed by atoms with Crippen LogP contribution < -0.4 is 16.0 Å². The van der Waals surface area contributed by atoms with Crippen LogP contribution in [0.1, 0.15) is 29.3 Å². The standard InChI is InChI=1S/C16H16N2OS2/c17-18-16(15-9-14-13(21-15)7-8-20-14)10-1-3-11(4-2-10)19-12-5-6-12/h1-4,7-9,12,16,18H,5-6,17H2.